The number of carbonyl (C=O) groups is 2. The topological polar surface area (TPSA) is 46.2 Å². The summed E-state index contributed by atoms with van der Waals surface area (Å²) in [7, 11) is 0. The molecule has 0 fully saturated rings. The van der Waals surface area contributed by atoms with Crippen LogP contribution in [0.1, 0.15) is 13.3 Å². The number of nitrogens with one attached hydrogen (secondary N) is 1. The van der Waals surface area contributed by atoms with Crippen LogP contribution in [0.25, 0.3) is 0 Å². The first-order valence-corrected chi connectivity index (χ1v) is 4.33. The normalized spacial score (nSPS) is 20.8. The number of amides is 1. The Kier molecular flexibility index (Phi) is 3.01. The number of allylic oxidation sites excluding steroid dienone is 3. The number of carbonyl (C=O) groups excluding carboxylic acids is 2. The van der Waals surface area contributed by atoms with Gasteiger partial charge in [-0.25, -0.2) is 0 Å². The van der Waals surface area contributed by atoms with Gasteiger partial charge in [-0.1, -0.05) is 12.7 Å². The van der Waals surface area contributed by atoms with E-state index in [0.717, 1.165) is 0 Å². The van der Waals surface area contributed by atoms with Gasteiger partial charge in [-0.05, 0) is 18.6 Å². The van der Waals surface area contributed by atoms with Crippen molar-refractivity contribution in [3.05, 3.63) is 24.3 Å². The summed E-state index contributed by atoms with van der Waals surface area (Å²) in [6, 6.07) is 0. The quantitative estimate of drug-likeness (QED) is 0.652. The Hall–Kier alpha value is -1.38. The van der Waals surface area contributed by atoms with Crippen LogP contribution in [0.5, 0.6) is 0 Å². The van der Waals surface area contributed by atoms with E-state index in [4.69, 9.17) is 0 Å². The van der Waals surface area contributed by atoms with E-state index in [1.54, 1.807) is 6.08 Å². The van der Waals surface area contributed by atoms with E-state index in [-0.39, 0.29) is 17.6 Å². The van der Waals surface area contributed by atoms with Crippen molar-refractivity contribution in [2.24, 2.45) is 5.92 Å². The van der Waals surface area contributed by atoms with Gasteiger partial charge in [0.1, 0.15) is 0 Å². The zero-order chi connectivity index (χ0) is 9.84. The molecule has 1 amide bonds. The first-order chi connectivity index (χ1) is 6.15. The molecule has 70 valence electrons. The van der Waals surface area contributed by atoms with Crippen LogP contribution in [0.2, 0.25) is 0 Å². The number of hydrogen-bond donors (Lipinski definition) is 1. The van der Waals surface area contributed by atoms with Crippen molar-refractivity contribution in [1.82, 2.24) is 5.32 Å². The Morgan fingerprint density at radius 2 is 2.38 bits per heavy atom. The summed E-state index contributed by atoms with van der Waals surface area (Å²) in [4.78, 5) is 22.2. The van der Waals surface area contributed by atoms with E-state index < -0.39 is 0 Å². The van der Waals surface area contributed by atoms with Gasteiger partial charge in [0.2, 0.25) is 5.91 Å². The zero-order valence-corrected chi connectivity index (χ0v) is 7.67. The summed E-state index contributed by atoms with van der Waals surface area (Å²) in [5.74, 6) is -0.193. The molecular formula is C10H13NO2. The summed E-state index contributed by atoms with van der Waals surface area (Å²) in [6.07, 6.45) is 3.54. The van der Waals surface area contributed by atoms with Crippen molar-refractivity contribution < 1.29 is 9.59 Å². The Morgan fingerprint density at radius 1 is 1.69 bits per heavy atom. The van der Waals surface area contributed by atoms with Gasteiger partial charge in [-0.15, -0.1) is 0 Å². The first kappa shape index (κ1) is 9.71. The highest BCUT2D eigenvalue weighted by molar-refractivity contribution is 6.07. The van der Waals surface area contributed by atoms with E-state index in [2.05, 4.69) is 11.9 Å². The average molecular weight is 179 g/mol. The molecule has 0 radical (unpaired) electrons. The highest BCUT2D eigenvalue weighted by Gasteiger charge is 2.22. The Labute approximate surface area is 77.5 Å². The van der Waals surface area contributed by atoms with Crippen LogP contribution in [0.15, 0.2) is 24.3 Å². The molecule has 0 unspecified atom stereocenters. The number of rotatable bonds is 3. The van der Waals surface area contributed by atoms with Gasteiger partial charge in [-0.3, -0.25) is 9.59 Å². The highest BCUT2D eigenvalue weighted by Crippen LogP contribution is 2.22. The van der Waals surface area contributed by atoms with Crippen LogP contribution in [-0.2, 0) is 9.59 Å². The van der Waals surface area contributed by atoms with Crippen molar-refractivity contribution in [3.8, 4) is 0 Å². The minimum Gasteiger partial charge on any atom is -0.356 e. The molecule has 0 saturated heterocycles. The smallest absolute Gasteiger partial charge is 0.220 e. The molecule has 3 nitrogen and oxygen atoms in total. The molecule has 3 heteroatoms. The second kappa shape index (κ2) is 4.03. The van der Waals surface area contributed by atoms with Gasteiger partial charge in [0.15, 0.2) is 5.78 Å². The Morgan fingerprint density at radius 3 is 2.85 bits per heavy atom. The van der Waals surface area contributed by atoms with Crippen LogP contribution in [0, 0.1) is 5.92 Å². The third-order valence-corrected chi connectivity index (χ3v) is 2.02. The van der Waals surface area contributed by atoms with Crippen LogP contribution in [-0.4, -0.2) is 18.2 Å². The second-order valence-corrected chi connectivity index (χ2v) is 3.01. The second-order valence-electron chi connectivity index (χ2n) is 3.01. The minimum absolute atomic E-state index is 0.0343. The predicted molar refractivity (Wildman–Crippen MR) is 50.1 cm³/mol. The molecule has 0 bridgehead atoms. The zero-order valence-electron chi connectivity index (χ0n) is 7.67. The fourth-order valence-electron chi connectivity index (χ4n) is 1.27. The summed E-state index contributed by atoms with van der Waals surface area (Å²) in [5.41, 5.74) is 0.520. The maximum atomic E-state index is 11.2. The SMILES string of the molecule is C=C1C(=O)C=C[C@@H]1CC(=O)NCC. The van der Waals surface area contributed by atoms with Gasteiger partial charge >= 0.3 is 0 Å². The summed E-state index contributed by atoms with van der Waals surface area (Å²) in [5, 5.41) is 2.68. The third-order valence-electron chi connectivity index (χ3n) is 2.02. The van der Waals surface area contributed by atoms with Crippen LogP contribution in [0.4, 0.5) is 0 Å². The molecule has 13 heavy (non-hydrogen) atoms. The first-order valence-electron chi connectivity index (χ1n) is 4.33. The van der Waals surface area contributed by atoms with E-state index in [1.165, 1.54) is 6.08 Å². The molecule has 1 aliphatic carbocycles. The maximum Gasteiger partial charge on any atom is 0.220 e. The van der Waals surface area contributed by atoms with E-state index in [1.807, 2.05) is 6.92 Å². The van der Waals surface area contributed by atoms with Crippen LogP contribution < -0.4 is 5.32 Å². The standard InChI is InChI=1S/C10H13NO2/c1-3-11-10(13)6-8-4-5-9(12)7(8)2/h4-5,8H,2-3,6H2,1H3,(H,11,13)/t8-/m1/s1. The summed E-state index contributed by atoms with van der Waals surface area (Å²) >= 11 is 0. The van der Waals surface area contributed by atoms with Crippen molar-refractivity contribution in [2.75, 3.05) is 6.54 Å². The summed E-state index contributed by atoms with van der Waals surface area (Å²) < 4.78 is 0. The monoisotopic (exact) mass is 179 g/mol. The van der Waals surface area contributed by atoms with Gasteiger partial charge < -0.3 is 5.32 Å². The molecule has 0 saturated carbocycles. The molecule has 0 aromatic rings. The molecule has 0 heterocycles. The van der Waals surface area contributed by atoms with Gasteiger partial charge in [-0.2, -0.15) is 0 Å². The Bertz CT molecular complexity index is 279. The van der Waals surface area contributed by atoms with Crippen LogP contribution >= 0.6 is 0 Å². The lowest BCUT2D eigenvalue weighted by atomic mass is 10.00. The molecule has 0 spiro atoms. The molecule has 0 aliphatic heterocycles. The third kappa shape index (κ3) is 2.28. The minimum atomic E-state index is -0.0981. The highest BCUT2D eigenvalue weighted by atomic mass is 16.1. The van der Waals surface area contributed by atoms with Crippen LogP contribution in [0.3, 0.4) is 0 Å². The largest absolute Gasteiger partial charge is 0.356 e. The maximum absolute atomic E-state index is 11.2. The molecule has 1 N–H and O–H groups in total. The van der Waals surface area contributed by atoms with Crippen molar-refractivity contribution in [3.63, 3.8) is 0 Å². The lowest BCUT2D eigenvalue weighted by Gasteiger charge is -2.07. The lowest BCUT2D eigenvalue weighted by Crippen LogP contribution is -2.24. The fraction of sp³-hybridized carbons (Fsp3) is 0.400. The van der Waals surface area contributed by atoms with E-state index in [9.17, 15) is 9.59 Å². The molecule has 1 rings (SSSR count). The van der Waals surface area contributed by atoms with Crippen molar-refractivity contribution in [2.45, 2.75) is 13.3 Å². The van der Waals surface area contributed by atoms with E-state index >= 15 is 0 Å². The molecular weight excluding hydrogens is 166 g/mol. The number of ketones is 1. The van der Waals surface area contributed by atoms with Crippen molar-refractivity contribution in [1.29, 1.82) is 0 Å². The van der Waals surface area contributed by atoms with Gasteiger partial charge in [0, 0.05) is 18.9 Å². The fourth-order valence-corrected chi connectivity index (χ4v) is 1.27. The van der Waals surface area contributed by atoms with Gasteiger partial charge in [0.05, 0.1) is 0 Å². The van der Waals surface area contributed by atoms with Gasteiger partial charge in [0.25, 0.3) is 0 Å². The molecule has 1 atom stereocenters. The lowest BCUT2D eigenvalue weighted by molar-refractivity contribution is -0.121. The Balaban J connectivity index is 2.47. The molecule has 0 aromatic carbocycles. The number of hydrogen-bond acceptors (Lipinski definition) is 2. The van der Waals surface area contributed by atoms with E-state index in [0.29, 0.717) is 18.5 Å². The average Bonchev–Trinajstić information content (AvgIpc) is 2.37. The van der Waals surface area contributed by atoms with Crippen molar-refractivity contribution >= 4 is 11.7 Å². The molecule has 1 aliphatic rings. The predicted octanol–water partition coefficient (Wildman–Crippen LogP) is 0.824. The summed E-state index contributed by atoms with van der Waals surface area (Å²) in [6.45, 7) is 6.12. The molecule has 0 aromatic heterocycles.